The quantitative estimate of drug-likeness (QED) is 0.557. The number of carbonyl (C=O) groups is 1. The van der Waals surface area contributed by atoms with Gasteiger partial charge in [0.25, 0.3) is 0 Å². The minimum absolute atomic E-state index is 0.0709. The summed E-state index contributed by atoms with van der Waals surface area (Å²) in [6.07, 6.45) is 7.77. The van der Waals surface area contributed by atoms with Gasteiger partial charge in [0.15, 0.2) is 5.78 Å². The molecule has 0 aromatic heterocycles. The second-order valence-electron chi connectivity index (χ2n) is 9.72. The number of Topliss-reactive ketones (excluding diaryl/α,β-unsaturated/α-hetero) is 1. The van der Waals surface area contributed by atoms with Crippen LogP contribution in [0.15, 0.2) is 42.5 Å². The summed E-state index contributed by atoms with van der Waals surface area (Å²) in [5.74, 6) is 0.670. The minimum Gasteiger partial charge on any atom is -0.380 e. The van der Waals surface area contributed by atoms with E-state index < -0.39 is 0 Å². The summed E-state index contributed by atoms with van der Waals surface area (Å²) in [5, 5.41) is 4.97. The van der Waals surface area contributed by atoms with Crippen LogP contribution in [-0.2, 0) is 11.2 Å². The summed E-state index contributed by atoms with van der Waals surface area (Å²) < 4.78 is 0. The monoisotopic (exact) mass is 485 g/mol. The molecule has 33 heavy (non-hydrogen) atoms. The number of hydrogen-bond donors (Lipinski definition) is 1. The maximum atomic E-state index is 13.9. The number of para-hydroxylation sites is 1. The van der Waals surface area contributed by atoms with Gasteiger partial charge in [0.2, 0.25) is 0 Å². The Hall–Kier alpha value is -1.75. The maximum Gasteiger partial charge on any atom is 0.155 e. The van der Waals surface area contributed by atoms with Crippen molar-refractivity contribution in [2.24, 2.45) is 5.92 Å². The second-order valence-corrected chi connectivity index (χ2v) is 10.5. The van der Waals surface area contributed by atoms with Gasteiger partial charge in [-0.05, 0) is 49.4 Å². The van der Waals surface area contributed by atoms with Gasteiger partial charge in [0, 0.05) is 43.8 Å². The Labute approximate surface area is 207 Å². The van der Waals surface area contributed by atoms with Crippen molar-refractivity contribution >= 4 is 40.4 Å². The van der Waals surface area contributed by atoms with Gasteiger partial charge in [-0.1, -0.05) is 66.7 Å². The van der Waals surface area contributed by atoms with Crippen LogP contribution in [0.1, 0.15) is 44.1 Å². The molecule has 6 heteroatoms. The van der Waals surface area contributed by atoms with E-state index in [0.717, 1.165) is 57.5 Å². The third-order valence-electron chi connectivity index (χ3n) is 7.74. The van der Waals surface area contributed by atoms with Crippen LogP contribution in [0.3, 0.4) is 0 Å². The molecule has 2 fully saturated rings. The number of nitrogens with one attached hydrogen (secondary N) is 1. The molecule has 2 aliphatic heterocycles. The molecule has 1 saturated carbocycles. The van der Waals surface area contributed by atoms with E-state index >= 15 is 0 Å². The molecule has 0 bridgehead atoms. The number of carbonyl (C=O) groups excluding carboxylic acids is 1. The van der Waals surface area contributed by atoms with Crippen molar-refractivity contribution in [1.29, 1.82) is 0 Å². The van der Waals surface area contributed by atoms with Crippen LogP contribution in [-0.4, -0.2) is 48.9 Å². The Bertz CT molecular complexity index is 983. The minimum atomic E-state index is -0.0709. The fraction of sp³-hybridized carbons (Fsp3) is 0.519. The molecular weight excluding hydrogens is 453 g/mol. The number of fused-ring (bicyclic) bond motifs is 1. The maximum absolute atomic E-state index is 13.9. The highest BCUT2D eigenvalue weighted by atomic mass is 35.5. The second kappa shape index (κ2) is 10.2. The predicted octanol–water partition coefficient (Wildman–Crippen LogP) is 6.06. The third-order valence-corrected chi connectivity index (χ3v) is 8.55. The molecule has 2 aromatic rings. The first-order valence-electron chi connectivity index (χ1n) is 12.4. The smallest absolute Gasteiger partial charge is 0.155 e. The molecular formula is C27H33Cl2N3O. The van der Waals surface area contributed by atoms with Crippen LogP contribution in [0.2, 0.25) is 10.0 Å². The first-order chi connectivity index (χ1) is 16.1. The Morgan fingerprint density at radius 1 is 0.909 bits per heavy atom. The molecule has 0 radical (unpaired) electrons. The number of anilines is 2. The average Bonchev–Trinajstić information content (AvgIpc) is 2.87. The molecule has 0 spiro atoms. The van der Waals surface area contributed by atoms with E-state index in [4.69, 9.17) is 23.2 Å². The summed E-state index contributed by atoms with van der Waals surface area (Å²) in [6.45, 7) is 3.40. The molecule has 1 aliphatic carbocycles. The lowest BCUT2D eigenvalue weighted by Crippen LogP contribution is -2.60. The molecule has 2 atom stereocenters. The number of ketones is 1. The van der Waals surface area contributed by atoms with Crippen LogP contribution < -0.4 is 10.2 Å². The van der Waals surface area contributed by atoms with Gasteiger partial charge in [-0.25, -0.2) is 0 Å². The van der Waals surface area contributed by atoms with Gasteiger partial charge in [-0.15, -0.1) is 0 Å². The van der Waals surface area contributed by atoms with Gasteiger partial charge in [0.05, 0.1) is 21.8 Å². The van der Waals surface area contributed by atoms with Crippen molar-refractivity contribution in [2.45, 2.75) is 57.0 Å². The summed E-state index contributed by atoms with van der Waals surface area (Å²) >= 11 is 12.8. The summed E-state index contributed by atoms with van der Waals surface area (Å²) in [5.41, 5.74) is 3.54. The summed E-state index contributed by atoms with van der Waals surface area (Å²) in [4.78, 5) is 18.7. The zero-order valence-electron chi connectivity index (χ0n) is 19.1. The first kappa shape index (κ1) is 23.0. The molecule has 4 nitrogen and oxygen atoms in total. The topological polar surface area (TPSA) is 35.6 Å². The Kier molecular flexibility index (Phi) is 7.15. The van der Waals surface area contributed by atoms with Crippen molar-refractivity contribution in [1.82, 2.24) is 4.90 Å². The molecule has 5 rings (SSSR count). The lowest BCUT2D eigenvalue weighted by molar-refractivity contribution is -0.130. The van der Waals surface area contributed by atoms with Crippen LogP contribution in [0.25, 0.3) is 0 Å². The Morgan fingerprint density at radius 2 is 1.67 bits per heavy atom. The molecule has 1 saturated heterocycles. The van der Waals surface area contributed by atoms with Gasteiger partial charge in [-0.2, -0.15) is 0 Å². The molecule has 2 aromatic carbocycles. The van der Waals surface area contributed by atoms with Crippen LogP contribution >= 0.6 is 23.2 Å². The largest absolute Gasteiger partial charge is 0.380 e. The number of nitrogens with zero attached hydrogens (tertiary/aromatic N) is 2. The zero-order chi connectivity index (χ0) is 22.8. The van der Waals surface area contributed by atoms with E-state index in [1.807, 2.05) is 18.2 Å². The van der Waals surface area contributed by atoms with Crippen molar-refractivity contribution in [3.8, 4) is 0 Å². The van der Waals surface area contributed by atoms with Crippen LogP contribution in [0, 0.1) is 5.92 Å². The van der Waals surface area contributed by atoms with E-state index in [-0.39, 0.29) is 18.0 Å². The van der Waals surface area contributed by atoms with Gasteiger partial charge in [-0.3, -0.25) is 9.69 Å². The van der Waals surface area contributed by atoms with Crippen LogP contribution in [0.4, 0.5) is 11.4 Å². The van der Waals surface area contributed by atoms with Gasteiger partial charge in [0.1, 0.15) is 0 Å². The highest BCUT2D eigenvalue weighted by molar-refractivity contribution is 6.43. The number of benzene rings is 2. The van der Waals surface area contributed by atoms with Crippen molar-refractivity contribution < 1.29 is 4.79 Å². The zero-order valence-corrected chi connectivity index (χ0v) is 20.6. The number of piperazine rings is 1. The third kappa shape index (κ3) is 4.89. The summed E-state index contributed by atoms with van der Waals surface area (Å²) in [7, 11) is 0. The molecule has 3 aliphatic rings. The number of hydrogen-bond acceptors (Lipinski definition) is 4. The Morgan fingerprint density at radius 3 is 2.45 bits per heavy atom. The van der Waals surface area contributed by atoms with Crippen LogP contribution in [0.5, 0.6) is 0 Å². The lowest BCUT2D eigenvalue weighted by Gasteiger charge is -2.45. The van der Waals surface area contributed by atoms with E-state index in [1.54, 1.807) is 0 Å². The van der Waals surface area contributed by atoms with E-state index in [1.165, 1.54) is 30.5 Å². The summed E-state index contributed by atoms with van der Waals surface area (Å²) in [6, 6.07) is 14.4. The molecule has 0 amide bonds. The molecule has 2 unspecified atom stereocenters. The number of aryl methyl sites for hydroxylation is 1. The lowest BCUT2D eigenvalue weighted by atomic mass is 9.80. The normalized spacial score (nSPS) is 23.0. The Balaban J connectivity index is 1.35. The van der Waals surface area contributed by atoms with Gasteiger partial charge >= 0.3 is 0 Å². The molecule has 1 N–H and O–H groups in total. The van der Waals surface area contributed by atoms with Crippen molar-refractivity contribution in [3.63, 3.8) is 0 Å². The first-order valence-corrected chi connectivity index (χ1v) is 13.2. The fourth-order valence-corrected chi connectivity index (χ4v) is 6.35. The van der Waals surface area contributed by atoms with Crippen molar-refractivity contribution in [2.75, 3.05) is 36.4 Å². The number of halogens is 2. The highest BCUT2D eigenvalue weighted by Gasteiger charge is 2.40. The average molecular weight is 486 g/mol. The fourth-order valence-electron chi connectivity index (χ4n) is 5.94. The van der Waals surface area contributed by atoms with E-state index in [0.29, 0.717) is 15.8 Å². The standard InChI is InChI=1S/C27H33Cl2N3O/c28-21-10-6-12-24(25(21)29)31-15-17-32(18-16-31)26(27(33)20-8-2-1-3-9-20)23-14-13-19-7-4-5-11-22(19)30-23/h4-7,10-12,20,23,26,30H,1-3,8-9,13-18H2. The van der Waals surface area contributed by atoms with Gasteiger partial charge < -0.3 is 10.2 Å². The van der Waals surface area contributed by atoms with E-state index in [9.17, 15) is 4.79 Å². The SMILES string of the molecule is O=C(C1CCCCC1)C(C1CCc2ccccc2N1)N1CCN(c2cccc(Cl)c2Cl)CC1. The van der Waals surface area contributed by atoms with E-state index in [2.05, 4.69) is 39.4 Å². The number of rotatable bonds is 5. The van der Waals surface area contributed by atoms with Crippen molar-refractivity contribution in [3.05, 3.63) is 58.1 Å². The predicted molar refractivity (Wildman–Crippen MR) is 138 cm³/mol. The molecule has 176 valence electrons. The molecule has 2 heterocycles. The highest BCUT2D eigenvalue weighted by Crippen LogP contribution is 2.35.